The zero-order valence-electron chi connectivity index (χ0n) is 11.0. The quantitative estimate of drug-likeness (QED) is 0.609. The molecule has 0 radical (unpaired) electrons. The molecule has 8 nitrogen and oxygen atoms in total. The van der Waals surface area contributed by atoms with Crippen molar-refractivity contribution in [2.45, 2.75) is 0 Å². The lowest BCUT2D eigenvalue weighted by molar-refractivity contribution is 0.0698. The van der Waals surface area contributed by atoms with Gasteiger partial charge in [0.05, 0.1) is 16.5 Å². The molecule has 0 saturated heterocycles. The van der Waals surface area contributed by atoms with Crippen molar-refractivity contribution in [3.63, 3.8) is 0 Å². The van der Waals surface area contributed by atoms with Gasteiger partial charge in [-0.1, -0.05) is 17.7 Å². The number of hydrogen-bond acceptors (Lipinski definition) is 4. The Balaban J connectivity index is 2.68. The summed E-state index contributed by atoms with van der Waals surface area (Å²) < 4.78 is 24.4. The highest BCUT2D eigenvalue weighted by Gasteiger charge is 2.16. The molecule has 1 rings (SSSR count). The van der Waals surface area contributed by atoms with E-state index < -0.39 is 22.0 Å². The molecule has 0 spiro atoms. The molecule has 0 heterocycles. The van der Waals surface area contributed by atoms with Crippen LogP contribution in [0.5, 0.6) is 0 Å². The van der Waals surface area contributed by atoms with Crippen molar-refractivity contribution in [1.29, 1.82) is 0 Å². The third kappa shape index (κ3) is 5.21. The molecule has 0 aromatic heterocycles. The van der Waals surface area contributed by atoms with Crippen LogP contribution in [0.15, 0.2) is 18.2 Å². The van der Waals surface area contributed by atoms with Gasteiger partial charge in [-0.2, -0.15) is 0 Å². The molecular formula is C11H14ClN3O5S. The van der Waals surface area contributed by atoms with E-state index in [0.717, 1.165) is 0 Å². The summed E-state index contributed by atoms with van der Waals surface area (Å²) >= 11 is 5.75. The normalized spacial score (nSPS) is 11.0. The first-order valence-electron chi connectivity index (χ1n) is 5.74. The van der Waals surface area contributed by atoms with Gasteiger partial charge in [0.2, 0.25) is 10.0 Å². The third-order valence-electron chi connectivity index (χ3n) is 2.44. The highest BCUT2D eigenvalue weighted by atomic mass is 35.5. The van der Waals surface area contributed by atoms with Gasteiger partial charge >= 0.3 is 12.0 Å². The lowest BCUT2D eigenvalue weighted by Crippen LogP contribution is -2.35. The number of halogens is 1. The van der Waals surface area contributed by atoms with Crippen molar-refractivity contribution >= 4 is 39.3 Å². The maximum Gasteiger partial charge on any atom is 0.339 e. The summed E-state index contributed by atoms with van der Waals surface area (Å²) in [6.07, 6.45) is 0. The average molecular weight is 336 g/mol. The van der Waals surface area contributed by atoms with Gasteiger partial charge < -0.3 is 15.7 Å². The van der Waals surface area contributed by atoms with Crippen LogP contribution in [-0.2, 0) is 10.0 Å². The van der Waals surface area contributed by atoms with E-state index >= 15 is 0 Å². The number of anilines is 1. The summed E-state index contributed by atoms with van der Waals surface area (Å²) in [5, 5.41) is 13.6. The molecule has 0 bridgehead atoms. The first-order valence-corrected chi connectivity index (χ1v) is 7.77. The van der Waals surface area contributed by atoms with Gasteiger partial charge in [0.15, 0.2) is 0 Å². The lowest BCUT2D eigenvalue weighted by atomic mass is 10.2. The summed E-state index contributed by atoms with van der Waals surface area (Å²) in [4.78, 5) is 22.7. The molecule has 0 fully saturated rings. The molecule has 0 saturated carbocycles. The van der Waals surface area contributed by atoms with Crippen LogP contribution in [0, 0.1) is 0 Å². The second-order valence-electron chi connectivity index (χ2n) is 3.87. The molecular weight excluding hydrogens is 322 g/mol. The largest absolute Gasteiger partial charge is 0.478 e. The topological polar surface area (TPSA) is 125 Å². The van der Waals surface area contributed by atoms with E-state index in [2.05, 4.69) is 15.4 Å². The number of carboxylic acids is 1. The van der Waals surface area contributed by atoms with Gasteiger partial charge in [-0.15, -0.1) is 0 Å². The van der Waals surface area contributed by atoms with E-state index in [4.69, 9.17) is 16.7 Å². The molecule has 0 aliphatic heterocycles. The fourth-order valence-electron chi connectivity index (χ4n) is 1.41. The predicted octanol–water partition coefficient (Wildman–Crippen LogP) is 0.709. The van der Waals surface area contributed by atoms with Gasteiger partial charge in [-0.3, -0.25) is 0 Å². The Kier molecular flexibility index (Phi) is 5.94. The fraction of sp³-hybridized carbons (Fsp3) is 0.273. The number of rotatable bonds is 6. The Morgan fingerprint density at radius 3 is 2.57 bits per heavy atom. The van der Waals surface area contributed by atoms with E-state index in [0.29, 0.717) is 0 Å². The molecule has 10 heteroatoms. The Hall–Kier alpha value is -1.84. The summed E-state index contributed by atoms with van der Waals surface area (Å²) in [6.45, 7) is -0.127. The van der Waals surface area contributed by atoms with Crippen LogP contribution < -0.4 is 15.4 Å². The molecule has 2 amide bonds. The summed E-state index contributed by atoms with van der Waals surface area (Å²) in [5.41, 5.74) is -0.221. The molecule has 0 unspecified atom stereocenters. The van der Waals surface area contributed by atoms with E-state index in [9.17, 15) is 18.0 Å². The number of carboxylic acid groups (broad SMARTS) is 1. The number of hydrogen-bond donors (Lipinski definition) is 4. The average Bonchev–Trinajstić information content (AvgIpc) is 2.38. The minimum atomic E-state index is -3.42. The summed E-state index contributed by atoms with van der Waals surface area (Å²) in [5.74, 6) is -1.58. The van der Waals surface area contributed by atoms with Crippen LogP contribution in [0.2, 0.25) is 5.02 Å². The SMILES string of the molecule is CNS(=O)(=O)CCNC(=O)Nc1cccc(Cl)c1C(=O)O. The molecule has 0 aliphatic carbocycles. The number of carbonyl (C=O) groups is 2. The highest BCUT2D eigenvalue weighted by Crippen LogP contribution is 2.24. The Labute approximate surface area is 126 Å². The zero-order valence-corrected chi connectivity index (χ0v) is 12.6. The van der Waals surface area contributed by atoms with Gasteiger partial charge in [0.1, 0.15) is 5.56 Å². The van der Waals surface area contributed by atoms with E-state index in [-0.39, 0.29) is 28.6 Å². The zero-order chi connectivity index (χ0) is 16.0. The van der Waals surface area contributed by atoms with Crippen molar-refractivity contribution in [2.24, 2.45) is 0 Å². The van der Waals surface area contributed by atoms with Crippen LogP contribution in [-0.4, -0.2) is 44.9 Å². The van der Waals surface area contributed by atoms with Crippen LogP contribution in [0.4, 0.5) is 10.5 Å². The van der Waals surface area contributed by atoms with Gasteiger partial charge in [0, 0.05) is 6.54 Å². The van der Waals surface area contributed by atoms with E-state index in [1.807, 2.05) is 0 Å². The molecule has 1 aromatic rings. The molecule has 0 atom stereocenters. The minimum Gasteiger partial charge on any atom is -0.478 e. The lowest BCUT2D eigenvalue weighted by Gasteiger charge is -2.10. The molecule has 4 N–H and O–H groups in total. The Morgan fingerprint density at radius 1 is 1.33 bits per heavy atom. The van der Waals surface area contributed by atoms with Crippen molar-refractivity contribution in [2.75, 3.05) is 24.7 Å². The predicted molar refractivity (Wildman–Crippen MR) is 78.3 cm³/mol. The number of sulfonamides is 1. The number of carbonyl (C=O) groups excluding carboxylic acids is 1. The van der Waals surface area contributed by atoms with Crippen LogP contribution in [0.25, 0.3) is 0 Å². The maximum absolute atomic E-state index is 11.6. The summed E-state index contributed by atoms with van der Waals surface area (Å²) in [6, 6.07) is 3.51. The first kappa shape index (κ1) is 17.2. The number of nitrogens with one attached hydrogen (secondary N) is 3. The number of aromatic carboxylic acids is 1. The first-order chi connectivity index (χ1) is 9.76. The molecule has 1 aromatic carbocycles. The van der Waals surface area contributed by atoms with E-state index in [1.54, 1.807) is 0 Å². The minimum absolute atomic E-state index is 0.0157. The maximum atomic E-state index is 11.6. The molecule has 0 aliphatic rings. The third-order valence-corrected chi connectivity index (χ3v) is 4.12. The smallest absolute Gasteiger partial charge is 0.339 e. The number of benzene rings is 1. The van der Waals surface area contributed by atoms with Crippen molar-refractivity contribution < 1.29 is 23.1 Å². The van der Waals surface area contributed by atoms with Crippen molar-refractivity contribution in [3.05, 3.63) is 28.8 Å². The van der Waals surface area contributed by atoms with Gasteiger partial charge in [-0.05, 0) is 19.2 Å². The Bertz CT molecular complexity index is 647. The van der Waals surface area contributed by atoms with Crippen LogP contribution in [0.3, 0.4) is 0 Å². The van der Waals surface area contributed by atoms with Crippen molar-refractivity contribution in [1.82, 2.24) is 10.0 Å². The fourth-order valence-corrected chi connectivity index (χ4v) is 2.24. The van der Waals surface area contributed by atoms with Crippen molar-refractivity contribution in [3.8, 4) is 0 Å². The standard InChI is InChI=1S/C11H14ClN3O5S/c1-13-21(19,20)6-5-14-11(18)15-8-4-2-3-7(12)9(8)10(16)17/h2-4,13H,5-6H2,1H3,(H,16,17)(H2,14,15,18). The van der Waals surface area contributed by atoms with Crippen LogP contribution >= 0.6 is 11.6 Å². The number of amides is 2. The van der Waals surface area contributed by atoms with E-state index in [1.165, 1.54) is 25.2 Å². The number of urea groups is 1. The Morgan fingerprint density at radius 2 is 2.00 bits per heavy atom. The second kappa shape index (κ2) is 7.25. The van der Waals surface area contributed by atoms with Gasteiger partial charge in [0.25, 0.3) is 0 Å². The molecule has 116 valence electrons. The second-order valence-corrected chi connectivity index (χ2v) is 6.32. The van der Waals surface area contributed by atoms with Crippen LogP contribution in [0.1, 0.15) is 10.4 Å². The van der Waals surface area contributed by atoms with Gasteiger partial charge in [-0.25, -0.2) is 22.7 Å². The molecule has 21 heavy (non-hydrogen) atoms. The summed E-state index contributed by atoms with van der Waals surface area (Å²) in [7, 11) is -2.16. The monoisotopic (exact) mass is 335 g/mol. The highest BCUT2D eigenvalue weighted by molar-refractivity contribution is 7.89.